The van der Waals surface area contributed by atoms with Crippen LogP contribution in [0.25, 0.3) is 20.9 Å². The molecule has 0 unspecified atom stereocenters. The van der Waals surface area contributed by atoms with Gasteiger partial charge in [-0.25, -0.2) is 15.0 Å². The lowest BCUT2D eigenvalue weighted by atomic mass is 10.1. The molecule has 6 heteroatoms. The largest absolute Gasteiger partial charge is 0.293 e. The summed E-state index contributed by atoms with van der Waals surface area (Å²) in [6.07, 6.45) is 4.86. The molecule has 0 fully saturated rings. The minimum Gasteiger partial charge on any atom is -0.293 e. The van der Waals surface area contributed by atoms with Crippen LogP contribution in [0.2, 0.25) is 0 Å². The molecule has 5 heterocycles. The summed E-state index contributed by atoms with van der Waals surface area (Å²) in [5.74, 6) is 0.859. The second-order valence-electron chi connectivity index (χ2n) is 6.21. The summed E-state index contributed by atoms with van der Waals surface area (Å²) in [7, 11) is 0. The van der Waals surface area contributed by atoms with Crippen molar-refractivity contribution in [3.8, 4) is 10.7 Å². The molecule has 4 aromatic heterocycles. The number of fused-ring (bicyclic) bond motifs is 2. The van der Waals surface area contributed by atoms with Crippen molar-refractivity contribution in [2.24, 2.45) is 0 Å². The van der Waals surface area contributed by atoms with Gasteiger partial charge in [0, 0.05) is 54.3 Å². The summed E-state index contributed by atoms with van der Waals surface area (Å²) >= 11 is 3.48. The molecule has 124 valence electrons. The first-order valence-electron chi connectivity index (χ1n) is 8.29. The molecule has 0 aromatic carbocycles. The third-order valence-corrected chi connectivity index (χ3v) is 6.39. The zero-order valence-corrected chi connectivity index (χ0v) is 15.2. The summed E-state index contributed by atoms with van der Waals surface area (Å²) in [5.41, 5.74) is 2.46. The Labute approximate surface area is 153 Å². The Morgan fingerprint density at radius 3 is 3.04 bits per heavy atom. The minimum atomic E-state index is 0.859. The van der Waals surface area contributed by atoms with Crippen LogP contribution < -0.4 is 0 Å². The molecule has 0 N–H and O–H groups in total. The summed E-state index contributed by atoms with van der Waals surface area (Å²) < 4.78 is 0. The van der Waals surface area contributed by atoms with E-state index in [1.54, 1.807) is 22.7 Å². The molecule has 0 radical (unpaired) electrons. The van der Waals surface area contributed by atoms with Gasteiger partial charge in [-0.3, -0.25) is 4.90 Å². The number of thiophene rings is 2. The topological polar surface area (TPSA) is 41.9 Å². The molecule has 0 bridgehead atoms. The van der Waals surface area contributed by atoms with Crippen LogP contribution in [0.1, 0.15) is 16.1 Å². The second-order valence-corrected chi connectivity index (χ2v) is 8.28. The molecular formula is C19H16N4S2. The van der Waals surface area contributed by atoms with E-state index in [1.165, 1.54) is 21.5 Å². The van der Waals surface area contributed by atoms with Gasteiger partial charge in [-0.1, -0.05) is 12.1 Å². The molecule has 4 nitrogen and oxygen atoms in total. The Kier molecular flexibility index (Phi) is 3.81. The number of aromatic nitrogens is 3. The Morgan fingerprint density at radius 2 is 2.16 bits per heavy atom. The van der Waals surface area contributed by atoms with Crippen molar-refractivity contribution in [1.82, 2.24) is 19.9 Å². The second kappa shape index (κ2) is 6.29. The van der Waals surface area contributed by atoms with Gasteiger partial charge < -0.3 is 0 Å². The van der Waals surface area contributed by atoms with Crippen molar-refractivity contribution in [1.29, 1.82) is 0 Å². The van der Waals surface area contributed by atoms with Crippen molar-refractivity contribution in [3.63, 3.8) is 0 Å². The van der Waals surface area contributed by atoms with Crippen LogP contribution in [-0.4, -0.2) is 26.4 Å². The van der Waals surface area contributed by atoms with Gasteiger partial charge in [0.1, 0.15) is 4.83 Å². The molecule has 0 atom stereocenters. The van der Waals surface area contributed by atoms with E-state index in [2.05, 4.69) is 38.4 Å². The molecule has 0 saturated heterocycles. The molecule has 0 aliphatic carbocycles. The average Bonchev–Trinajstić information content (AvgIpc) is 3.30. The van der Waals surface area contributed by atoms with Crippen LogP contribution in [0.5, 0.6) is 0 Å². The first-order valence-corrected chi connectivity index (χ1v) is 9.99. The number of hydrogen-bond acceptors (Lipinski definition) is 6. The molecular weight excluding hydrogens is 348 g/mol. The highest BCUT2D eigenvalue weighted by Crippen LogP contribution is 2.27. The van der Waals surface area contributed by atoms with Gasteiger partial charge >= 0.3 is 0 Å². The van der Waals surface area contributed by atoms with Crippen LogP contribution in [0.15, 0.2) is 48.1 Å². The molecule has 5 rings (SSSR count). The molecule has 1 aliphatic heterocycles. The highest BCUT2D eigenvalue weighted by atomic mass is 32.1. The third-order valence-electron chi connectivity index (χ3n) is 4.48. The van der Waals surface area contributed by atoms with Gasteiger partial charge in [0.25, 0.3) is 0 Å². The SMILES string of the molecule is c1csc(-c2ncc3c(n2)CCN(Cc2cc4cccnc4s2)C3)c1. The van der Waals surface area contributed by atoms with E-state index >= 15 is 0 Å². The number of nitrogens with zero attached hydrogens (tertiary/aromatic N) is 4. The number of pyridine rings is 1. The predicted octanol–water partition coefficient (Wildman–Crippen LogP) is 4.37. The van der Waals surface area contributed by atoms with E-state index in [4.69, 9.17) is 4.98 Å². The van der Waals surface area contributed by atoms with Crippen LogP contribution in [-0.2, 0) is 19.5 Å². The van der Waals surface area contributed by atoms with Crippen LogP contribution in [0.4, 0.5) is 0 Å². The van der Waals surface area contributed by atoms with Crippen LogP contribution >= 0.6 is 22.7 Å². The molecule has 0 saturated carbocycles. The summed E-state index contributed by atoms with van der Waals surface area (Å²) in [4.78, 5) is 19.9. The zero-order chi connectivity index (χ0) is 16.6. The van der Waals surface area contributed by atoms with Gasteiger partial charge in [0.05, 0.1) is 10.6 Å². The summed E-state index contributed by atoms with van der Waals surface area (Å²) in [6.45, 7) is 2.92. The summed E-state index contributed by atoms with van der Waals surface area (Å²) in [5, 5.41) is 3.31. The van der Waals surface area contributed by atoms with Gasteiger partial charge in [0.2, 0.25) is 0 Å². The van der Waals surface area contributed by atoms with E-state index in [1.807, 2.05) is 24.5 Å². The fraction of sp³-hybridized carbons (Fsp3) is 0.211. The number of rotatable bonds is 3. The Morgan fingerprint density at radius 1 is 1.16 bits per heavy atom. The van der Waals surface area contributed by atoms with Crippen LogP contribution in [0, 0.1) is 0 Å². The standard InChI is InChI=1S/C19H16N4S2/c1-3-13-9-15(25-19(13)20-6-1)12-23-7-5-16-14(11-23)10-21-18(22-16)17-4-2-8-24-17/h1-4,6,8-10H,5,7,11-12H2. The van der Waals surface area contributed by atoms with Crippen molar-refractivity contribution in [3.05, 3.63) is 64.2 Å². The van der Waals surface area contributed by atoms with E-state index in [-0.39, 0.29) is 0 Å². The highest BCUT2D eigenvalue weighted by molar-refractivity contribution is 7.18. The minimum absolute atomic E-state index is 0.859. The van der Waals surface area contributed by atoms with Gasteiger partial charge in [-0.15, -0.1) is 22.7 Å². The molecule has 0 amide bonds. The maximum atomic E-state index is 4.80. The molecule has 4 aromatic rings. The van der Waals surface area contributed by atoms with Gasteiger partial charge in [-0.2, -0.15) is 0 Å². The zero-order valence-electron chi connectivity index (χ0n) is 13.6. The van der Waals surface area contributed by atoms with Crippen molar-refractivity contribution < 1.29 is 0 Å². The van der Waals surface area contributed by atoms with Gasteiger partial charge in [0.15, 0.2) is 5.82 Å². The molecule has 25 heavy (non-hydrogen) atoms. The van der Waals surface area contributed by atoms with Gasteiger partial charge in [-0.05, 0) is 23.6 Å². The molecule has 0 spiro atoms. The van der Waals surface area contributed by atoms with Crippen molar-refractivity contribution in [2.45, 2.75) is 19.5 Å². The Bertz CT molecular complexity index is 990. The maximum absolute atomic E-state index is 4.80. The fourth-order valence-corrected chi connectivity index (χ4v) is 4.96. The van der Waals surface area contributed by atoms with E-state index in [9.17, 15) is 0 Å². The maximum Gasteiger partial charge on any atom is 0.169 e. The fourth-order valence-electron chi connectivity index (χ4n) is 3.26. The third kappa shape index (κ3) is 2.97. The average molecular weight is 364 g/mol. The summed E-state index contributed by atoms with van der Waals surface area (Å²) in [6, 6.07) is 10.5. The van der Waals surface area contributed by atoms with Crippen LogP contribution in [0.3, 0.4) is 0 Å². The Balaban J connectivity index is 1.35. The van der Waals surface area contributed by atoms with E-state index in [0.29, 0.717) is 0 Å². The lowest BCUT2D eigenvalue weighted by Gasteiger charge is -2.27. The number of hydrogen-bond donors (Lipinski definition) is 0. The van der Waals surface area contributed by atoms with E-state index < -0.39 is 0 Å². The first-order chi connectivity index (χ1) is 12.3. The van der Waals surface area contributed by atoms with E-state index in [0.717, 1.165) is 41.6 Å². The first kappa shape index (κ1) is 15.1. The lowest BCUT2D eigenvalue weighted by Crippen LogP contribution is -2.30. The smallest absolute Gasteiger partial charge is 0.169 e. The lowest BCUT2D eigenvalue weighted by molar-refractivity contribution is 0.245. The highest BCUT2D eigenvalue weighted by Gasteiger charge is 2.19. The monoisotopic (exact) mass is 364 g/mol. The van der Waals surface area contributed by atoms with Crippen molar-refractivity contribution >= 4 is 32.9 Å². The van der Waals surface area contributed by atoms with Crippen molar-refractivity contribution in [2.75, 3.05) is 6.54 Å². The molecule has 1 aliphatic rings. The predicted molar refractivity (Wildman–Crippen MR) is 103 cm³/mol. The Hall–Kier alpha value is -2.15. The quantitative estimate of drug-likeness (QED) is 0.541. The normalized spacial score (nSPS) is 14.7.